The number of carboxylic acids is 1. The van der Waals surface area contributed by atoms with E-state index >= 15 is 0 Å². The van der Waals surface area contributed by atoms with Gasteiger partial charge in [0.15, 0.2) is 5.65 Å². The molecule has 154 valence electrons. The maximum absolute atomic E-state index is 12.2. The lowest BCUT2D eigenvalue weighted by Crippen LogP contribution is -2.17. The summed E-state index contributed by atoms with van der Waals surface area (Å²) >= 11 is 0. The van der Waals surface area contributed by atoms with Gasteiger partial charge in [-0.15, -0.1) is 0 Å². The van der Waals surface area contributed by atoms with E-state index in [1.165, 1.54) is 0 Å². The SMILES string of the molecule is CCCC(C(=O)O)c1c(C)nc2c(C)c(C(C)(C)C)nn2c1-c1ccc(C)cc1. The lowest BCUT2D eigenvalue weighted by atomic mass is 9.89. The minimum absolute atomic E-state index is 0.133. The largest absolute Gasteiger partial charge is 0.481 e. The Morgan fingerprint density at radius 2 is 1.76 bits per heavy atom. The summed E-state index contributed by atoms with van der Waals surface area (Å²) in [4.78, 5) is 17.0. The highest BCUT2D eigenvalue weighted by molar-refractivity contribution is 5.81. The predicted molar refractivity (Wildman–Crippen MR) is 117 cm³/mol. The molecule has 2 heterocycles. The lowest BCUT2D eigenvalue weighted by molar-refractivity contribution is -0.139. The molecule has 0 amide bonds. The molecule has 0 spiro atoms. The average molecular weight is 394 g/mol. The molecule has 1 aromatic carbocycles. The fourth-order valence-corrected chi connectivity index (χ4v) is 4.08. The Labute approximate surface area is 172 Å². The van der Waals surface area contributed by atoms with Crippen LogP contribution >= 0.6 is 0 Å². The highest BCUT2D eigenvalue weighted by atomic mass is 16.4. The number of carbonyl (C=O) groups is 1. The number of fused-ring (bicyclic) bond motifs is 1. The Balaban J connectivity index is 2.46. The second-order valence-corrected chi connectivity index (χ2v) is 8.96. The Bertz CT molecular complexity index is 1060. The van der Waals surface area contributed by atoms with Gasteiger partial charge in [-0.25, -0.2) is 9.50 Å². The van der Waals surface area contributed by atoms with E-state index in [1.54, 1.807) is 0 Å². The minimum atomic E-state index is -0.815. The molecule has 3 aromatic rings. The first-order chi connectivity index (χ1) is 13.6. The number of benzene rings is 1. The lowest BCUT2D eigenvalue weighted by Gasteiger charge is -2.20. The number of rotatable bonds is 5. The average Bonchev–Trinajstić information content (AvgIpc) is 2.96. The van der Waals surface area contributed by atoms with E-state index in [1.807, 2.05) is 37.4 Å². The van der Waals surface area contributed by atoms with Crippen LogP contribution in [-0.2, 0) is 10.2 Å². The second kappa shape index (κ2) is 7.62. The summed E-state index contributed by atoms with van der Waals surface area (Å²) in [5.41, 5.74) is 7.18. The molecule has 2 aromatic heterocycles. The monoisotopic (exact) mass is 393 g/mol. The normalized spacial score (nSPS) is 13.1. The zero-order chi connectivity index (χ0) is 21.5. The molecule has 5 heteroatoms. The zero-order valence-corrected chi connectivity index (χ0v) is 18.5. The summed E-state index contributed by atoms with van der Waals surface area (Å²) in [6.07, 6.45) is 1.35. The van der Waals surface area contributed by atoms with Gasteiger partial charge in [-0.3, -0.25) is 4.79 Å². The van der Waals surface area contributed by atoms with Crippen molar-refractivity contribution in [2.75, 3.05) is 0 Å². The number of carboxylic acid groups (broad SMARTS) is 1. The van der Waals surface area contributed by atoms with Crippen molar-refractivity contribution in [3.63, 3.8) is 0 Å². The molecule has 0 aliphatic heterocycles. The summed E-state index contributed by atoms with van der Waals surface area (Å²) in [6.45, 7) is 14.4. The van der Waals surface area contributed by atoms with Crippen molar-refractivity contribution in [3.05, 3.63) is 52.3 Å². The number of aryl methyl sites for hydroxylation is 3. The Kier molecular flexibility index (Phi) is 5.52. The van der Waals surface area contributed by atoms with E-state index in [2.05, 4.69) is 39.8 Å². The van der Waals surface area contributed by atoms with Gasteiger partial charge in [0.1, 0.15) is 0 Å². The molecule has 29 heavy (non-hydrogen) atoms. The van der Waals surface area contributed by atoms with E-state index in [4.69, 9.17) is 10.1 Å². The van der Waals surface area contributed by atoms with Crippen molar-refractivity contribution < 1.29 is 9.90 Å². The molecular weight excluding hydrogens is 362 g/mol. The maximum atomic E-state index is 12.2. The smallest absolute Gasteiger partial charge is 0.311 e. The Morgan fingerprint density at radius 1 is 1.14 bits per heavy atom. The van der Waals surface area contributed by atoms with E-state index in [0.717, 1.165) is 51.4 Å². The van der Waals surface area contributed by atoms with Crippen molar-refractivity contribution in [1.29, 1.82) is 0 Å². The first-order valence-corrected chi connectivity index (χ1v) is 10.3. The van der Waals surface area contributed by atoms with Gasteiger partial charge in [0, 0.05) is 27.8 Å². The Hall–Kier alpha value is -2.69. The standard InChI is InChI=1S/C24H31N3O2/c1-8-9-18(23(28)29)19-16(4)25-22-15(3)21(24(5,6)7)26-27(22)20(19)17-12-10-14(2)11-13-17/h10-13,18H,8-9H2,1-7H3,(H,28,29). The molecule has 0 aliphatic rings. The van der Waals surface area contributed by atoms with Crippen molar-refractivity contribution in [1.82, 2.24) is 14.6 Å². The van der Waals surface area contributed by atoms with Crippen LogP contribution in [0.15, 0.2) is 24.3 Å². The first kappa shape index (κ1) is 21.0. The predicted octanol–water partition coefficient (Wildman–Crippen LogP) is 5.59. The van der Waals surface area contributed by atoms with Gasteiger partial charge in [0.05, 0.1) is 17.3 Å². The van der Waals surface area contributed by atoms with Crippen molar-refractivity contribution >= 4 is 11.6 Å². The molecule has 0 saturated carbocycles. The van der Waals surface area contributed by atoms with Gasteiger partial charge in [-0.1, -0.05) is 63.9 Å². The van der Waals surface area contributed by atoms with Gasteiger partial charge in [0.2, 0.25) is 0 Å². The van der Waals surface area contributed by atoms with Gasteiger partial charge < -0.3 is 5.11 Å². The van der Waals surface area contributed by atoms with Crippen molar-refractivity contribution in [3.8, 4) is 11.3 Å². The summed E-state index contributed by atoms with van der Waals surface area (Å²) in [5, 5.41) is 14.9. The van der Waals surface area contributed by atoms with Gasteiger partial charge >= 0.3 is 5.97 Å². The molecular formula is C24H31N3O2. The molecule has 0 aliphatic carbocycles. The molecule has 0 fully saturated rings. The van der Waals surface area contributed by atoms with E-state index in [0.29, 0.717) is 6.42 Å². The number of hydrogen-bond acceptors (Lipinski definition) is 3. The third kappa shape index (κ3) is 3.78. The number of aromatic nitrogens is 3. The zero-order valence-electron chi connectivity index (χ0n) is 18.5. The third-order valence-electron chi connectivity index (χ3n) is 5.48. The van der Waals surface area contributed by atoms with Crippen LogP contribution in [0.1, 0.15) is 74.5 Å². The summed E-state index contributed by atoms with van der Waals surface area (Å²) < 4.78 is 1.87. The number of hydrogen-bond donors (Lipinski definition) is 1. The first-order valence-electron chi connectivity index (χ1n) is 10.3. The summed E-state index contributed by atoms with van der Waals surface area (Å²) in [5.74, 6) is -1.43. The van der Waals surface area contributed by atoms with E-state index < -0.39 is 11.9 Å². The molecule has 1 atom stereocenters. The second-order valence-electron chi connectivity index (χ2n) is 8.96. The Morgan fingerprint density at radius 3 is 2.28 bits per heavy atom. The molecule has 0 saturated heterocycles. The van der Waals surface area contributed by atoms with Crippen LogP contribution in [0.5, 0.6) is 0 Å². The molecule has 1 unspecified atom stereocenters. The van der Waals surface area contributed by atoms with E-state index in [9.17, 15) is 9.90 Å². The number of nitrogens with zero attached hydrogens (tertiary/aromatic N) is 3. The van der Waals surface area contributed by atoms with Crippen LogP contribution in [-0.4, -0.2) is 25.7 Å². The van der Waals surface area contributed by atoms with Crippen molar-refractivity contribution in [2.24, 2.45) is 0 Å². The fraction of sp³-hybridized carbons (Fsp3) is 0.458. The fourth-order valence-electron chi connectivity index (χ4n) is 4.08. The van der Waals surface area contributed by atoms with Crippen LogP contribution in [0.3, 0.4) is 0 Å². The highest BCUT2D eigenvalue weighted by Crippen LogP contribution is 2.37. The van der Waals surface area contributed by atoms with Crippen LogP contribution in [0.4, 0.5) is 0 Å². The van der Waals surface area contributed by atoms with E-state index in [-0.39, 0.29) is 5.41 Å². The number of aliphatic carboxylic acids is 1. The molecule has 5 nitrogen and oxygen atoms in total. The molecule has 0 radical (unpaired) electrons. The van der Waals surface area contributed by atoms with Crippen molar-refractivity contribution in [2.45, 2.75) is 72.6 Å². The van der Waals surface area contributed by atoms with Crippen LogP contribution in [0, 0.1) is 20.8 Å². The van der Waals surface area contributed by atoms with Crippen LogP contribution in [0.2, 0.25) is 0 Å². The maximum Gasteiger partial charge on any atom is 0.311 e. The molecule has 3 rings (SSSR count). The van der Waals surface area contributed by atoms with Gasteiger partial charge in [-0.05, 0) is 27.2 Å². The summed E-state index contributed by atoms with van der Waals surface area (Å²) in [7, 11) is 0. The molecule has 0 bridgehead atoms. The highest BCUT2D eigenvalue weighted by Gasteiger charge is 2.30. The third-order valence-corrected chi connectivity index (χ3v) is 5.48. The van der Waals surface area contributed by atoms with Gasteiger partial charge in [0.25, 0.3) is 0 Å². The minimum Gasteiger partial charge on any atom is -0.481 e. The van der Waals surface area contributed by atoms with Gasteiger partial charge in [-0.2, -0.15) is 5.10 Å². The van der Waals surface area contributed by atoms with Crippen LogP contribution < -0.4 is 0 Å². The van der Waals surface area contributed by atoms with Crippen LogP contribution in [0.25, 0.3) is 16.9 Å². The summed E-state index contributed by atoms with van der Waals surface area (Å²) in [6, 6.07) is 8.20. The molecule has 1 N–H and O–H groups in total. The quantitative estimate of drug-likeness (QED) is 0.614. The topological polar surface area (TPSA) is 67.5 Å².